The number of carbonyl (C=O) groups excluding carboxylic acids is 1. The number of amides is 1. The van der Waals surface area contributed by atoms with Gasteiger partial charge in [-0.25, -0.2) is 4.98 Å². The van der Waals surface area contributed by atoms with Gasteiger partial charge in [-0.15, -0.1) is 0 Å². The molecule has 1 aromatic heterocycles. The van der Waals surface area contributed by atoms with E-state index in [9.17, 15) is 4.79 Å². The second-order valence-electron chi connectivity index (χ2n) is 7.14. The van der Waals surface area contributed by atoms with Gasteiger partial charge in [0.1, 0.15) is 5.82 Å². The second kappa shape index (κ2) is 8.17. The number of rotatable bonds is 7. The van der Waals surface area contributed by atoms with Gasteiger partial charge in [0.2, 0.25) is 5.91 Å². The molecule has 2 aromatic carbocycles. The number of benzene rings is 2. The summed E-state index contributed by atoms with van der Waals surface area (Å²) in [4.78, 5) is 16.5. The third-order valence-corrected chi connectivity index (χ3v) is 4.56. The van der Waals surface area contributed by atoms with Gasteiger partial charge in [-0.2, -0.15) is 0 Å². The van der Waals surface area contributed by atoms with Crippen LogP contribution in [0.1, 0.15) is 37.2 Å². The monoisotopic (exact) mass is 349 g/mol. The Morgan fingerprint density at radius 2 is 1.96 bits per heavy atom. The van der Waals surface area contributed by atoms with E-state index in [1.807, 2.05) is 19.9 Å². The van der Waals surface area contributed by atoms with Crippen molar-refractivity contribution in [2.24, 2.45) is 5.92 Å². The van der Waals surface area contributed by atoms with Gasteiger partial charge in [0.25, 0.3) is 0 Å². The van der Waals surface area contributed by atoms with E-state index in [-0.39, 0.29) is 11.8 Å². The molecule has 1 heterocycles. The van der Waals surface area contributed by atoms with E-state index in [1.54, 1.807) is 0 Å². The molecule has 0 radical (unpaired) electrons. The number of nitrogens with zero attached hydrogens (tertiary/aromatic N) is 2. The van der Waals surface area contributed by atoms with Crippen LogP contribution in [-0.4, -0.2) is 22.0 Å². The molecule has 136 valence electrons. The summed E-state index contributed by atoms with van der Waals surface area (Å²) >= 11 is 0. The lowest BCUT2D eigenvalue weighted by molar-refractivity contribution is -0.123. The molecule has 0 aliphatic heterocycles. The Morgan fingerprint density at radius 1 is 1.15 bits per heavy atom. The molecule has 0 aliphatic carbocycles. The van der Waals surface area contributed by atoms with Crippen molar-refractivity contribution in [3.8, 4) is 0 Å². The van der Waals surface area contributed by atoms with Crippen molar-refractivity contribution in [3.05, 3.63) is 65.5 Å². The Kier molecular flexibility index (Phi) is 5.71. The first-order valence-electron chi connectivity index (χ1n) is 9.32. The lowest BCUT2D eigenvalue weighted by atomic mass is 10.1. The SMILES string of the molecule is Cc1cccc(Cn2c(CCCNC(=O)C(C)C)nc3ccccc32)c1. The maximum absolute atomic E-state index is 11.7. The summed E-state index contributed by atoms with van der Waals surface area (Å²) < 4.78 is 2.30. The molecule has 3 rings (SSSR count). The van der Waals surface area contributed by atoms with Crippen molar-refractivity contribution in [1.29, 1.82) is 0 Å². The van der Waals surface area contributed by atoms with Gasteiger partial charge in [0, 0.05) is 25.4 Å². The Morgan fingerprint density at radius 3 is 2.73 bits per heavy atom. The fourth-order valence-electron chi connectivity index (χ4n) is 3.15. The summed E-state index contributed by atoms with van der Waals surface area (Å²) in [6.07, 6.45) is 1.73. The van der Waals surface area contributed by atoms with E-state index < -0.39 is 0 Å². The van der Waals surface area contributed by atoms with Crippen LogP contribution in [0.4, 0.5) is 0 Å². The smallest absolute Gasteiger partial charge is 0.222 e. The molecular weight excluding hydrogens is 322 g/mol. The first kappa shape index (κ1) is 18.2. The van der Waals surface area contributed by atoms with Crippen LogP contribution in [0.15, 0.2) is 48.5 Å². The van der Waals surface area contributed by atoms with Crippen molar-refractivity contribution in [3.63, 3.8) is 0 Å². The average molecular weight is 349 g/mol. The third kappa shape index (κ3) is 4.31. The summed E-state index contributed by atoms with van der Waals surface area (Å²) in [5, 5.41) is 2.99. The standard InChI is InChI=1S/C22H27N3O/c1-16(2)22(26)23-13-7-12-21-24-19-10-4-5-11-20(19)25(21)15-18-9-6-8-17(3)14-18/h4-6,8-11,14,16H,7,12-13,15H2,1-3H3,(H,23,26). The molecule has 1 amide bonds. The molecular formula is C22H27N3O. The van der Waals surface area contributed by atoms with Crippen LogP contribution < -0.4 is 5.32 Å². The van der Waals surface area contributed by atoms with E-state index in [4.69, 9.17) is 4.98 Å². The van der Waals surface area contributed by atoms with E-state index >= 15 is 0 Å². The number of fused-ring (bicyclic) bond motifs is 1. The molecule has 26 heavy (non-hydrogen) atoms. The molecule has 4 nitrogen and oxygen atoms in total. The summed E-state index contributed by atoms with van der Waals surface area (Å²) in [7, 11) is 0. The zero-order chi connectivity index (χ0) is 18.5. The number of imidazole rings is 1. The summed E-state index contributed by atoms with van der Waals surface area (Å²) in [6, 6.07) is 16.9. The van der Waals surface area contributed by atoms with Crippen LogP contribution in [-0.2, 0) is 17.8 Å². The molecule has 4 heteroatoms. The number of nitrogens with one attached hydrogen (secondary N) is 1. The van der Waals surface area contributed by atoms with E-state index in [0.29, 0.717) is 6.54 Å². The van der Waals surface area contributed by atoms with Crippen molar-refractivity contribution < 1.29 is 4.79 Å². The minimum absolute atomic E-state index is 0.0286. The van der Waals surface area contributed by atoms with Crippen LogP contribution in [0, 0.1) is 12.8 Å². The Hall–Kier alpha value is -2.62. The van der Waals surface area contributed by atoms with Crippen LogP contribution in [0.2, 0.25) is 0 Å². The zero-order valence-electron chi connectivity index (χ0n) is 15.8. The summed E-state index contributed by atoms with van der Waals surface area (Å²) in [5.41, 5.74) is 4.74. The van der Waals surface area contributed by atoms with Crippen LogP contribution in [0.3, 0.4) is 0 Å². The number of aryl methyl sites for hydroxylation is 2. The normalized spacial score (nSPS) is 11.2. The van der Waals surface area contributed by atoms with Gasteiger partial charge in [0.15, 0.2) is 0 Å². The maximum Gasteiger partial charge on any atom is 0.222 e. The lowest BCUT2D eigenvalue weighted by Crippen LogP contribution is -2.28. The lowest BCUT2D eigenvalue weighted by Gasteiger charge is -2.11. The van der Waals surface area contributed by atoms with Crippen LogP contribution in [0.25, 0.3) is 11.0 Å². The highest BCUT2D eigenvalue weighted by atomic mass is 16.1. The maximum atomic E-state index is 11.7. The molecule has 0 fully saturated rings. The molecule has 3 aromatic rings. The van der Waals surface area contributed by atoms with Gasteiger partial charge >= 0.3 is 0 Å². The molecule has 0 unspecified atom stereocenters. The molecule has 0 spiro atoms. The Labute approximate surface area is 155 Å². The highest BCUT2D eigenvalue weighted by Crippen LogP contribution is 2.19. The predicted molar refractivity (Wildman–Crippen MR) is 106 cm³/mol. The number of hydrogen-bond donors (Lipinski definition) is 1. The third-order valence-electron chi connectivity index (χ3n) is 4.56. The summed E-state index contributed by atoms with van der Waals surface area (Å²) in [6.45, 7) is 7.45. The van der Waals surface area contributed by atoms with Crippen molar-refractivity contribution in [1.82, 2.24) is 14.9 Å². The molecule has 0 aliphatic rings. The van der Waals surface area contributed by atoms with Crippen LogP contribution >= 0.6 is 0 Å². The molecule has 0 atom stereocenters. The quantitative estimate of drug-likeness (QED) is 0.653. The topological polar surface area (TPSA) is 46.9 Å². The molecule has 0 bridgehead atoms. The minimum Gasteiger partial charge on any atom is -0.356 e. The largest absolute Gasteiger partial charge is 0.356 e. The zero-order valence-corrected chi connectivity index (χ0v) is 15.8. The first-order chi connectivity index (χ1) is 12.5. The fourth-order valence-corrected chi connectivity index (χ4v) is 3.15. The summed E-state index contributed by atoms with van der Waals surface area (Å²) in [5.74, 6) is 1.21. The highest BCUT2D eigenvalue weighted by Gasteiger charge is 2.11. The molecule has 0 saturated carbocycles. The minimum atomic E-state index is 0.0286. The van der Waals surface area contributed by atoms with Gasteiger partial charge < -0.3 is 9.88 Å². The highest BCUT2D eigenvalue weighted by molar-refractivity contribution is 5.77. The first-order valence-corrected chi connectivity index (χ1v) is 9.32. The molecule has 1 N–H and O–H groups in total. The van der Waals surface area contributed by atoms with Crippen LogP contribution in [0.5, 0.6) is 0 Å². The van der Waals surface area contributed by atoms with Gasteiger partial charge in [-0.05, 0) is 31.0 Å². The fraction of sp³-hybridized carbons (Fsp3) is 0.364. The second-order valence-corrected chi connectivity index (χ2v) is 7.14. The van der Waals surface area contributed by atoms with Crippen molar-refractivity contribution >= 4 is 16.9 Å². The number of aromatic nitrogens is 2. The van der Waals surface area contributed by atoms with Crippen molar-refractivity contribution in [2.45, 2.75) is 40.2 Å². The van der Waals surface area contributed by atoms with Gasteiger partial charge in [-0.3, -0.25) is 4.79 Å². The number of para-hydroxylation sites is 2. The molecule has 0 saturated heterocycles. The predicted octanol–water partition coefficient (Wildman–Crippen LogP) is 4.10. The van der Waals surface area contributed by atoms with E-state index in [0.717, 1.165) is 36.2 Å². The van der Waals surface area contributed by atoms with Crippen molar-refractivity contribution in [2.75, 3.05) is 6.54 Å². The average Bonchev–Trinajstić information content (AvgIpc) is 2.96. The van der Waals surface area contributed by atoms with E-state index in [2.05, 4.69) is 59.3 Å². The Balaban J connectivity index is 1.77. The Bertz CT molecular complexity index is 895. The van der Waals surface area contributed by atoms with Gasteiger partial charge in [0.05, 0.1) is 11.0 Å². The van der Waals surface area contributed by atoms with Gasteiger partial charge in [-0.1, -0.05) is 55.8 Å². The number of carbonyl (C=O) groups is 1. The number of hydrogen-bond acceptors (Lipinski definition) is 2. The van der Waals surface area contributed by atoms with E-state index in [1.165, 1.54) is 11.1 Å².